The molecule has 0 radical (unpaired) electrons. The third-order valence-electron chi connectivity index (χ3n) is 3.54. The molecule has 18 heavy (non-hydrogen) atoms. The van der Waals surface area contributed by atoms with E-state index in [0.717, 1.165) is 30.9 Å². The van der Waals surface area contributed by atoms with Crippen LogP contribution in [0.1, 0.15) is 42.0 Å². The Bertz CT molecular complexity index is 495. The molecule has 0 amide bonds. The molecule has 1 saturated heterocycles. The Balaban J connectivity index is 2.47. The van der Waals surface area contributed by atoms with Crippen molar-refractivity contribution >= 4 is 11.7 Å². The number of carbonyl (C=O) groups is 1. The molecule has 0 unspecified atom stereocenters. The summed E-state index contributed by atoms with van der Waals surface area (Å²) in [6.07, 6.45) is 1.09. The first-order chi connectivity index (χ1) is 8.30. The van der Waals surface area contributed by atoms with Gasteiger partial charge in [0.25, 0.3) is 0 Å². The van der Waals surface area contributed by atoms with Gasteiger partial charge in [0.15, 0.2) is 0 Å². The predicted molar refractivity (Wildman–Crippen MR) is 71.3 cm³/mol. The third kappa shape index (κ3) is 2.33. The number of carboxylic acids is 1. The van der Waals surface area contributed by atoms with Crippen molar-refractivity contribution < 1.29 is 9.90 Å². The smallest absolute Gasteiger partial charge is 0.339 e. The van der Waals surface area contributed by atoms with Crippen molar-refractivity contribution in [2.45, 2.75) is 34.1 Å². The highest BCUT2D eigenvalue weighted by atomic mass is 16.4. The van der Waals surface area contributed by atoms with Crippen LogP contribution < -0.4 is 4.90 Å². The summed E-state index contributed by atoms with van der Waals surface area (Å²) in [5.41, 5.74) is 2.89. The van der Waals surface area contributed by atoms with E-state index in [4.69, 9.17) is 0 Å². The maximum absolute atomic E-state index is 11.4. The minimum absolute atomic E-state index is 0.251. The van der Waals surface area contributed by atoms with E-state index in [1.54, 1.807) is 6.92 Å². The molecule has 1 aliphatic rings. The van der Waals surface area contributed by atoms with Crippen molar-refractivity contribution in [3.05, 3.63) is 23.0 Å². The van der Waals surface area contributed by atoms with E-state index >= 15 is 0 Å². The van der Waals surface area contributed by atoms with Crippen LogP contribution in [0.15, 0.2) is 6.07 Å². The number of rotatable bonds is 2. The van der Waals surface area contributed by atoms with Gasteiger partial charge < -0.3 is 10.0 Å². The first-order valence-corrected chi connectivity index (χ1v) is 6.27. The average Bonchev–Trinajstić information content (AvgIpc) is 2.56. The van der Waals surface area contributed by atoms with Crippen molar-refractivity contribution in [3.8, 4) is 0 Å². The molecule has 0 saturated carbocycles. The number of carboxylic acid groups (broad SMARTS) is 1. The predicted octanol–water partition coefficient (Wildman–Crippen LogP) is 2.63. The van der Waals surface area contributed by atoms with Crippen LogP contribution in [0, 0.1) is 19.3 Å². The van der Waals surface area contributed by atoms with Crippen LogP contribution >= 0.6 is 0 Å². The molecular formula is C14H20N2O2. The highest BCUT2D eigenvalue weighted by Crippen LogP contribution is 2.35. The number of hydrogen-bond donors (Lipinski definition) is 1. The molecule has 1 fully saturated rings. The first-order valence-electron chi connectivity index (χ1n) is 6.27. The molecule has 1 N–H and O–H groups in total. The second kappa shape index (κ2) is 4.26. The lowest BCUT2D eigenvalue weighted by molar-refractivity contribution is 0.0696. The minimum atomic E-state index is -0.889. The highest BCUT2D eigenvalue weighted by Gasteiger charge is 2.32. The second-order valence-electron chi connectivity index (χ2n) is 5.88. The number of aryl methyl sites for hydroxylation is 2. The van der Waals surface area contributed by atoms with E-state index < -0.39 is 5.97 Å². The van der Waals surface area contributed by atoms with Crippen LogP contribution in [0.3, 0.4) is 0 Å². The zero-order valence-electron chi connectivity index (χ0n) is 11.4. The second-order valence-corrected chi connectivity index (χ2v) is 5.88. The molecule has 98 valence electrons. The van der Waals surface area contributed by atoms with Gasteiger partial charge in [0, 0.05) is 18.8 Å². The number of nitrogens with zero attached hydrogens (tertiary/aromatic N) is 2. The van der Waals surface area contributed by atoms with Gasteiger partial charge in [0.05, 0.1) is 11.4 Å². The lowest BCUT2D eigenvalue weighted by atomic mass is 9.93. The molecule has 0 aromatic carbocycles. The van der Waals surface area contributed by atoms with Gasteiger partial charge in [-0.25, -0.2) is 4.79 Å². The summed E-state index contributed by atoms with van der Waals surface area (Å²) in [6.45, 7) is 9.92. The number of pyridine rings is 1. The van der Waals surface area contributed by atoms with Gasteiger partial charge in [-0.1, -0.05) is 13.8 Å². The van der Waals surface area contributed by atoms with Gasteiger partial charge in [-0.3, -0.25) is 4.98 Å². The Morgan fingerprint density at radius 3 is 2.61 bits per heavy atom. The first kappa shape index (κ1) is 12.9. The van der Waals surface area contributed by atoms with E-state index in [2.05, 4.69) is 23.7 Å². The van der Waals surface area contributed by atoms with Crippen LogP contribution in [0.25, 0.3) is 0 Å². The molecule has 1 aromatic heterocycles. The Labute approximate surface area is 108 Å². The SMILES string of the molecule is Cc1cc(N2CCC(C)(C)C2)c(C(=O)O)c(C)n1. The molecular weight excluding hydrogens is 228 g/mol. The fraction of sp³-hybridized carbons (Fsp3) is 0.571. The fourth-order valence-corrected chi connectivity index (χ4v) is 2.64. The molecule has 2 heterocycles. The van der Waals surface area contributed by atoms with E-state index in [1.165, 1.54) is 0 Å². The van der Waals surface area contributed by atoms with Gasteiger partial charge in [-0.2, -0.15) is 0 Å². The Morgan fingerprint density at radius 2 is 2.11 bits per heavy atom. The van der Waals surface area contributed by atoms with E-state index in [1.807, 2.05) is 13.0 Å². The Morgan fingerprint density at radius 1 is 1.44 bits per heavy atom. The molecule has 0 aliphatic carbocycles. The lowest BCUT2D eigenvalue weighted by Gasteiger charge is -2.24. The average molecular weight is 248 g/mol. The van der Waals surface area contributed by atoms with Crippen molar-refractivity contribution in [3.63, 3.8) is 0 Å². The van der Waals surface area contributed by atoms with Gasteiger partial charge in [-0.15, -0.1) is 0 Å². The number of aromatic nitrogens is 1. The van der Waals surface area contributed by atoms with Crippen molar-refractivity contribution in [1.29, 1.82) is 0 Å². The standard InChI is InChI=1S/C14H20N2O2/c1-9-7-11(12(13(17)18)10(2)15-9)16-6-5-14(3,4)8-16/h7H,5-6,8H2,1-4H3,(H,17,18). The normalized spacial score (nSPS) is 18.1. The number of aromatic carboxylic acids is 1. The maximum Gasteiger partial charge on any atom is 0.339 e. The molecule has 0 atom stereocenters. The lowest BCUT2D eigenvalue weighted by Crippen LogP contribution is -2.25. The van der Waals surface area contributed by atoms with Gasteiger partial charge >= 0.3 is 5.97 Å². The molecule has 4 nitrogen and oxygen atoms in total. The minimum Gasteiger partial charge on any atom is -0.478 e. The molecule has 2 rings (SSSR count). The van der Waals surface area contributed by atoms with Crippen LogP contribution in [0.4, 0.5) is 5.69 Å². The Kier molecular flexibility index (Phi) is 3.05. The molecule has 1 aliphatic heterocycles. The van der Waals surface area contributed by atoms with Crippen molar-refractivity contribution in [2.24, 2.45) is 5.41 Å². The quantitative estimate of drug-likeness (QED) is 0.874. The van der Waals surface area contributed by atoms with Crippen molar-refractivity contribution in [1.82, 2.24) is 4.98 Å². The van der Waals surface area contributed by atoms with Gasteiger partial charge in [0.2, 0.25) is 0 Å². The van der Waals surface area contributed by atoms with Crippen LogP contribution in [-0.4, -0.2) is 29.1 Å². The van der Waals surface area contributed by atoms with E-state index in [9.17, 15) is 9.90 Å². The molecule has 4 heteroatoms. The van der Waals surface area contributed by atoms with Gasteiger partial charge in [-0.05, 0) is 31.7 Å². The van der Waals surface area contributed by atoms with Crippen LogP contribution in [0.5, 0.6) is 0 Å². The summed E-state index contributed by atoms with van der Waals surface area (Å²) < 4.78 is 0. The zero-order chi connectivity index (χ0) is 13.5. The maximum atomic E-state index is 11.4. The van der Waals surface area contributed by atoms with Crippen LogP contribution in [-0.2, 0) is 0 Å². The summed E-state index contributed by atoms with van der Waals surface area (Å²) in [7, 11) is 0. The number of anilines is 1. The fourth-order valence-electron chi connectivity index (χ4n) is 2.64. The monoisotopic (exact) mass is 248 g/mol. The topological polar surface area (TPSA) is 53.4 Å². The molecule has 1 aromatic rings. The van der Waals surface area contributed by atoms with E-state index in [0.29, 0.717) is 11.3 Å². The van der Waals surface area contributed by atoms with Crippen molar-refractivity contribution in [2.75, 3.05) is 18.0 Å². The largest absolute Gasteiger partial charge is 0.478 e. The van der Waals surface area contributed by atoms with Crippen LogP contribution in [0.2, 0.25) is 0 Å². The zero-order valence-corrected chi connectivity index (χ0v) is 11.4. The Hall–Kier alpha value is -1.58. The number of hydrogen-bond acceptors (Lipinski definition) is 3. The summed E-state index contributed by atoms with van der Waals surface area (Å²) in [5.74, 6) is -0.889. The molecule has 0 spiro atoms. The summed E-state index contributed by atoms with van der Waals surface area (Å²) in [5, 5.41) is 9.36. The highest BCUT2D eigenvalue weighted by molar-refractivity contribution is 5.95. The summed E-state index contributed by atoms with van der Waals surface area (Å²) >= 11 is 0. The third-order valence-corrected chi connectivity index (χ3v) is 3.54. The van der Waals surface area contributed by atoms with Gasteiger partial charge in [0.1, 0.15) is 5.56 Å². The molecule has 0 bridgehead atoms. The van der Waals surface area contributed by atoms with E-state index in [-0.39, 0.29) is 5.41 Å². The summed E-state index contributed by atoms with van der Waals surface area (Å²) in [4.78, 5) is 17.8. The summed E-state index contributed by atoms with van der Waals surface area (Å²) in [6, 6.07) is 1.89.